The van der Waals surface area contributed by atoms with Crippen molar-refractivity contribution < 1.29 is 13.5 Å². The molecule has 0 bridgehead atoms. The van der Waals surface area contributed by atoms with Crippen LogP contribution in [0.1, 0.15) is 32.6 Å². The average Bonchev–Trinajstić information content (AvgIpc) is 2.90. The molecule has 3 unspecified atom stereocenters. The SMILES string of the molecule is CC1CCCC(NCC(O)CS(=O)(=O)c2cccs2)C1. The minimum Gasteiger partial charge on any atom is -0.391 e. The van der Waals surface area contributed by atoms with Gasteiger partial charge in [-0.1, -0.05) is 25.8 Å². The van der Waals surface area contributed by atoms with Crippen molar-refractivity contribution in [3.8, 4) is 0 Å². The quantitative estimate of drug-likeness (QED) is 0.843. The molecule has 4 nitrogen and oxygen atoms in total. The highest BCUT2D eigenvalue weighted by Gasteiger charge is 2.23. The average molecular weight is 317 g/mol. The maximum atomic E-state index is 12.0. The van der Waals surface area contributed by atoms with Crippen LogP contribution in [0.4, 0.5) is 0 Å². The summed E-state index contributed by atoms with van der Waals surface area (Å²) in [5.74, 6) is 0.510. The second kappa shape index (κ2) is 7.02. The Balaban J connectivity index is 1.79. The Morgan fingerprint density at radius 1 is 1.50 bits per heavy atom. The fraction of sp³-hybridized carbons (Fsp3) is 0.714. The van der Waals surface area contributed by atoms with E-state index in [1.807, 2.05) is 0 Å². The Kier molecular flexibility index (Phi) is 5.60. The lowest BCUT2D eigenvalue weighted by molar-refractivity contribution is 0.179. The second-order valence-electron chi connectivity index (χ2n) is 5.74. The first kappa shape index (κ1) is 15.9. The van der Waals surface area contributed by atoms with E-state index in [0.717, 1.165) is 12.8 Å². The van der Waals surface area contributed by atoms with E-state index in [1.165, 1.54) is 24.2 Å². The van der Waals surface area contributed by atoms with Crippen LogP contribution in [0.15, 0.2) is 21.7 Å². The van der Waals surface area contributed by atoms with Crippen molar-refractivity contribution in [2.75, 3.05) is 12.3 Å². The van der Waals surface area contributed by atoms with Crippen LogP contribution in [-0.4, -0.2) is 38.0 Å². The molecule has 6 heteroatoms. The molecule has 1 aliphatic rings. The molecular formula is C14H23NO3S2. The Bertz CT molecular complexity index is 498. The highest BCUT2D eigenvalue weighted by molar-refractivity contribution is 7.93. The predicted molar refractivity (Wildman–Crippen MR) is 81.8 cm³/mol. The van der Waals surface area contributed by atoms with Gasteiger partial charge in [0.05, 0.1) is 11.9 Å². The van der Waals surface area contributed by atoms with Gasteiger partial charge in [0.1, 0.15) is 4.21 Å². The minimum absolute atomic E-state index is 0.206. The topological polar surface area (TPSA) is 66.4 Å². The van der Waals surface area contributed by atoms with Crippen LogP contribution in [0.25, 0.3) is 0 Å². The molecule has 2 N–H and O–H groups in total. The molecule has 1 saturated carbocycles. The highest BCUT2D eigenvalue weighted by atomic mass is 32.2. The molecule has 1 fully saturated rings. The summed E-state index contributed by atoms with van der Waals surface area (Å²) in [6, 6.07) is 3.71. The number of nitrogens with one attached hydrogen (secondary N) is 1. The first-order valence-electron chi connectivity index (χ1n) is 7.15. The van der Waals surface area contributed by atoms with E-state index >= 15 is 0 Å². The van der Waals surface area contributed by atoms with E-state index < -0.39 is 15.9 Å². The van der Waals surface area contributed by atoms with Gasteiger partial charge in [0.2, 0.25) is 0 Å². The summed E-state index contributed by atoms with van der Waals surface area (Å²) in [6.45, 7) is 2.59. The van der Waals surface area contributed by atoms with Crippen LogP contribution < -0.4 is 5.32 Å². The van der Waals surface area contributed by atoms with Crippen LogP contribution >= 0.6 is 11.3 Å². The zero-order chi connectivity index (χ0) is 14.6. The van der Waals surface area contributed by atoms with E-state index in [2.05, 4.69) is 12.2 Å². The molecule has 0 aliphatic heterocycles. The number of hydrogen-bond donors (Lipinski definition) is 2. The van der Waals surface area contributed by atoms with E-state index in [1.54, 1.807) is 17.5 Å². The van der Waals surface area contributed by atoms with Crippen molar-refractivity contribution in [1.29, 1.82) is 0 Å². The van der Waals surface area contributed by atoms with Gasteiger partial charge >= 0.3 is 0 Å². The first-order chi connectivity index (χ1) is 9.47. The van der Waals surface area contributed by atoms with Crippen molar-refractivity contribution >= 4 is 21.2 Å². The van der Waals surface area contributed by atoms with Gasteiger partial charge < -0.3 is 10.4 Å². The lowest BCUT2D eigenvalue weighted by Crippen LogP contribution is -2.40. The summed E-state index contributed by atoms with van der Waals surface area (Å²) in [5.41, 5.74) is 0. The summed E-state index contributed by atoms with van der Waals surface area (Å²) >= 11 is 1.20. The Morgan fingerprint density at radius 2 is 2.30 bits per heavy atom. The third-order valence-electron chi connectivity index (χ3n) is 3.79. The van der Waals surface area contributed by atoms with E-state index in [0.29, 0.717) is 22.7 Å². The third-order valence-corrected chi connectivity index (χ3v) is 7.08. The fourth-order valence-corrected chi connectivity index (χ4v) is 5.24. The van der Waals surface area contributed by atoms with Crippen molar-refractivity contribution in [2.24, 2.45) is 5.92 Å². The molecule has 1 aromatic heterocycles. The molecule has 1 aliphatic carbocycles. The maximum Gasteiger partial charge on any atom is 0.190 e. The molecule has 0 saturated heterocycles. The lowest BCUT2D eigenvalue weighted by Gasteiger charge is -2.28. The predicted octanol–water partition coefficient (Wildman–Crippen LogP) is 2.05. The zero-order valence-corrected chi connectivity index (χ0v) is 13.4. The van der Waals surface area contributed by atoms with Crippen LogP contribution in [0, 0.1) is 5.92 Å². The molecule has 0 spiro atoms. The Hall–Kier alpha value is -0.430. The van der Waals surface area contributed by atoms with Crippen LogP contribution in [-0.2, 0) is 9.84 Å². The maximum absolute atomic E-state index is 12.0. The Labute approximate surface area is 125 Å². The monoisotopic (exact) mass is 317 g/mol. The van der Waals surface area contributed by atoms with Gasteiger partial charge in [-0.15, -0.1) is 11.3 Å². The van der Waals surface area contributed by atoms with Crippen LogP contribution in [0.3, 0.4) is 0 Å². The molecule has 3 atom stereocenters. The van der Waals surface area contributed by atoms with Crippen LogP contribution in [0.2, 0.25) is 0 Å². The molecule has 1 heterocycles. The van der Waals surface area contributed by atoms with Crippen LogP contribution in [0.5, 0.6) is 0 Å². The first-order valence-corrected chi connectivity index (χ1v) is 9.68. The summed E-state index contributed by atoms with van der Waals surface area (Å²) in [5, 5.41) is 15.0. The molecule has 0 radical (unpaired) electrons. The summed E-state index contributed by atoms with van der Waals surface area (Å²) in [4.78, 5) is 0. The second-order valence-corrected chi connectivity index (χ2v) is 8.95. The standard InChI is InChI=1S/C14H23NO3S2/c1-11-4-2-5-12(8-11)15-9-13(16)10-20(17,18)14-6-3-7-19-14/h3,6-7,11-13,15-16H,2,4-5,8-10H2,1H3. The molecule has 1 aromatic rings. The summed E-state index contributed by atoms with van der Waals surface area (Å²) in [6.07, 6.45) is 3.87. The van der Waals surface area contributed by atoms with Gasteiger partial charge in [-0.05, 0) is 30.2 Å². The molecular weight excluding hydrogens is 294 g/mol. The van der Waals surface area contributed by atoms with Gasteiger partial charge in [-0.2, -0.15) is 0 Å². The van der Waals surface area contributed by atoms with Crippen molar-refractivity contribution in [3.05, 3.63) is 17.5 Å². The number of rotatable bonds is 6. The fourth-order valence-electron chi connectivity index (χ4n) is 2.76. The number of aliphatic hydroxyl groups excluding tert-OH is 1. The number of thiophene rings is 1. The van der Waals surface area contributed by atoms with Crippen molar-refractivity contribution in [3.63, 3.8) is 0 Å². The van der Waals surface area contributed by atoms with E-state index in [9.17, 15) is 13.5 Å². The number of aliphatic hydroxyl groups is 1. The summed E-state index contributed by atoms with van der Waals surface area (Å²) in [7, 11) is -3.35. The van der Waals surface area contributed by atoms with E-state index in [4.69, 9.17) is 0 Å². The highest BCUT2D eigenvalue weighted by Crippen LogP contribution is 2.23. The molecule has 20 heavy (non-hydrogen) atoms. The smallest absolute Gasteiger partial charge is 0.190 e. The largest absolute Gasteiger partial charge is 0.391 e. The van der Waals surface area contributed by atoms with Crippen molar-refractivity contribution in [2.45, 2.75) is 49.0 Å². The van der Waals surface area contributed by atoms with Gasteiger partial charge in [0, 0.05) is 12.6 Å². The minimum atomic E-state index is -3.35. The lowest BCUT2D eigenvalue weighted by atomic mass is 9.87. The molecule has 0 aromatic carbocycles. The Morgan fingerprint density at radius 3 is 2.95 bits per heavy atom. The number of hydrogen-bond acceptors (Lipinski definition) is 5. The summed E-state index contributed by atoms with van der Waals surface area (Å²) < 4.78 is 24.4. The number of sulfone groups is 1. The normalized spacial score (nSPS) is 25.5. The van der Waals surface area contributed by atoms with Gasteiger partial charge in [-0.3, -0.25) is 0 Å². The van der Waals surface area contributed by atoms with Gasteiger partial charge in [0.15, 0.2) is 9.84 Å². The molecule has 0 amide bonds. The van der Waals surface area contributed by atoms with Gasteiger partial charge in [0.25, 0.3) is 0 Å². The molecule has 2 rings (SSSR count). The third kappa shape index (κ3) is 4.55. The van der Waals surface area contributed by atoms with E-state index in [-0.39, 0.29) is 5.75 Å². The van der Waals surface area contributed by atoms with Crippen molar-refractivity contribution in [1.82, 2.24) is 5.32 Å². The molecule has 114 valence electrons. The van der Waals surface area contributed by atoms with Gasteiger partial charge in [-0.25, -0.2) is 8.42 Å². The zero-order valence-electron chi connectivity index (χ0n) is 11.8.